The Balaban J connectivity index is 2.18. The Hall–Kier alpha value is -1.12. The fraction of sp³-hybridized carbons (Fsp3) is 0.583. The van der Waals surface area contributed by atoms with Crippen LogP contribution in [0.15, 0.2) is 12.3 Å². The SMILES string of the molecule is CC1CN(c2cnc(C(C)C)c(F)c2)C1. The Bertz CT molecular complexity index is 357. The maximum absolute atomic E-state index is 13.6. The van der Waals surface area contributed by atoms with Crippen LogP contribution >= 0.6 is 0 Å². The van der Waals surface area contributed by atoms with Gasteiger partial charge in [-0.25, -0.2) is 4.39 Å². The van der Waals surface area contributed by atoms with Crippen LogP contribution in [0.25, 0.3) is 0 Å². The first-order chi connectivity index (χ1) is 7.08. The second kappa shape index (κ2) is 3.80. The number of rotatable bonds is 2. The molecule has 0 spiro atoms. The van der Waals surface area contributed by atoms with Crippen LogP contribution in [0, 0.1) is 11.7 Å². The predicted molar refractivity (Wildman–Crippen MR) is 59.7 cm³/mol. The van der Waals surface area contributed by atoms with E-state index in [1.807, 2.05) is 13.8 Å². The molecule has 2 rings (SSSR count). The summed E-state index contributed by atoms with van der Waals surface area (Å²) in [5.74, 6) is 0.689. The van der Waals surface area contributed by atoms with Crippen molar-refractivity contribution in [2.24, 2.45) is 5.92 Å². The second-order valence-corrected chi connectivity index (χ2v) is 4.73. The Morgan fingerprint density at radius 1 is 1.47 bits per heavy atom. The minimum Gasteiger partial charge on any atom is -0.370 e. The molecular formula is C12H17FN2. The van der Waals surface area contributed by atoms with Crippen LogP contribution < -0.4 is 4.90 Å². The van der Waals surface area contributed by atoms with Crippen molar-refractivity contribution in [1.82, 2.24) is 4.98 Å². The summed E-state index contributed by atoms with van der Waals surface area (Å²) in [6.07, 6.45) is 1.78. The number of hydrogen-bond acceptors (Lipinski definition) is 2. The number of halogens is 1. The molecule has 0 aromatic carbocycles. The summed E-state index contributed by atoms with van der Waals surface area (Å²) in [7, 11) is 0. The van der Waals surface area contributed by atoms with Crippen molar-refractivity contribution in [3.05, 3.63) is 23.8 Å². The van der Waals surface area contributed by atoms with Crippen LogP contribution in [-0.4, -0.2) is 18.1 Å². The van der Waals surface area contributed by atoms with E-state index >= 15 is 0 Å². The molecule has 0 N–H and O–H groups in total. The smallest absolute Gasteiger partial charge is 0.147 e. The van der Waals surface area contributed by atoms with E-state index in [0.717, 1.165) is 24.7 Å². The molecule has 1 aromatic rings. The molecule has 1 aliphatic heterocycles. The molecule has 1 fully saturated rings. The molecule has 0 saturated carbocycles. The number of pyridine rings is 1. The molecule has 0 radical (unpaired) electrons. The first-order valence-corrected chi connectivity index (χ1v) is 5.48. The minimum atomic E-state index is -0.179. The highest BCUT2D eigenvalue weighted by molar-refractivity contribution is 5.47. The van der Waals surface area contributed by atoms with Gasteiger partial charge in [0.05, 0.1) is 17.6 Å². The first-order valence-electron chi connectivity index (χ1n) is 5.48. The fourth-order valence-electron chi connectivity index (χ4n) is 1.95. The maximum Gasteiger partial charge on any atom is 0.147 e. The summed E-state index contributed by atoms with van der Waals surface area (Å²) in [6, 6.07) is 1.61. The highest BCUT2D eigenvalue weighted by Gasteiger charge is 2.23. The summed E-state index contributed by atoms with van der Waals surface area (Å²) in [6.45, 7) is 8.14. The molecule has 0 aliphatic carbocycles. The zero-order valence-electron chi connectivity index (χ0n) is 9.50. The van der Waals surface area contributed by atoms with Gasteiger partial charge in [0.15, 0.2) is 0 Å². The summed E-state index contributed by atoms with van der Waals surface area (Å²) in [4.78, 5) is 6.35. The van der Waals surface area contributed by atoms with E-state index in [2.05, 4.69) is 16.8 Å². The van der Waals surface area contributed by atoms with Gasteiger partial charge in [-0.15, -0.1) is 0 Å². The normalized spacial score (nSPS) is 17.0. The zero-order chi connectivity index (χ0) is 11.0. The number of hydrogen-bond donors (Lipinski definition) is 0. The van der Waals surface area contributed by atoms with Crippen LogP contribution in [0.5, 0.6) is 0 Å². The number of aromatic nitrogens is 1. The molecule has 1 saturated heterocycles. The molecule has 15 heavy (non-hydrogen) atoms. The van der Waals surface area contributed by atoms with Crippen molar-refractivity contribution < 1.29 is 4.39 Å². The predicted octanol–water partition coefficient (Wildman–Crippen LogP) is 2.80. The molecule has 0 unspecified atom stereocenters. The summed E-state index contributed by atoms with van der Waals surface area (Å²) < 4.78 is 13.6. The van der Waals surface area contributed by atoms with Crippen molar-refractivity contribution in [3.8, 4) is 0 Å². The molecule has 2 nitrogen and oxygen atoms in total. The second-order valence-electron chi connectivity index (χ2n) is 4.73. The fourth-order valence-corrected chi connectivity index (χ4v) is 1.95. The molecule has 0 amide bonds. The van der Waals surface area contributed by atoms with Crippen molar-refractivity contribution >= 4 is 5.69 Å². The zero-order valence-corrected chi connectivity index (χ0v) is 9.50. The Morgan fingerprint density at radius 2 is 2.13 bits per heavy atom. The Morgan fingerprint density at radius 3 is 2.60 bits per heavy atom. The Kier molecular flexibility index (Phi) is 2.63. The van der Waals surface area contributed by atoms with Gasteiger partial charge in [0.2, 0.25) is 0 Å². The van der Waals surface area contributed by atoms with Crippen LogP contribution in [0.2, 0.25) is 0 Å². The molecule has 2 heterocycles. The molecule has 1 aliphatic rings. The lowest BCUT2D eigenvalue weighted by Crippen LogP contribution is -2.45. The van der Waals surface area contributed by atoms with Gasteiger partial charge in [-0.1, -0.05) is 20.8 Å². The van der Waals surface area contributed by atoms with Crippen LogP contribution in [-0.2, 0) is 0 Å². The molecule has 3 heteroatoms. The Labute approximate surface area is 90.1 Å². The average molecular weight is 208 g/mol. The van der Waals surface area contributed by atoms with Gasteiger partial charge in [0, 0.05) is 19.2 Å². The van der Waals surface area contributed by atoms with Crippen LogP contribution in [0.3, 0.4) is 0 Å². The maximum atomic E-state index is 13.6. The first kappa shape index (κ1) is 10.4. The lowest BCUT2D eigenvalue weighted by atomic mass is 10.0. The van der Waals surface area contributed by atoms with Crippen molar-refractivity contribution in [2.75, 3.05) is 18.0 Å². The van der Waals surface area contributed by atoms with Gasteiger partial charge in [-0.2, -0.15) is 0 Å². The molecule has 0 atom stereocenters. The van der Waals surface area contributed by atoms with E-state index in [1.54, 1.807) is 12.3 Å². The standard InChI is InChI=1S/C12H17FN2/c1-8(2)12-11(13)4-10(5-14-12)15-6-9(3)7-15/h4-5,8-9H,6-7H2,1-3H3. The average Bonchev–Trinajstić information content (AvgIpc) is 2.12. The van der Waals surface area contributed by atoms with Gasteiger partial charge in [0.25, 0.3) is 0 Å². The van der Waals surface area contributed by atoms with Crippen molar-refractivity contribution in [2.45, 2.75) is 26.7 Å². The summed E-state index contributed by atoms with van der Waals surface area (Å²) in [5.41, 5.74) is 1.47. The van der Waals surface area contributed by atoms with Gasteiger partial charge in [-0.3, -0.25) is 4.98 Å². The number of nitrogens with zero attached hydrogens (tertiary/aromatic N) is 2. The highest BCUT2D eigenvalue weighted by atomic mass is 19.1. The van der Waals surface area contributed by atoms with Crippen molar-refractivity contribution in [1.29, 1.82) is 0 Å². The van der Waals surface area contributed by atoms with Gasteiger partial charge in [0.1, 0.15) is 5.82 Å². The van der Waals surface area contributed by atoms with E-state index in [4.69, 9.17) is 0 Å². The van der Waals surface area contributed by atoms with E-state index < -0.39 is 0 Å². The third-order valence-corrected chi connectivity index (χ3v) is 2.83. The summed E-state index contributed by atoms with van der Waals surface area (Å²) >= 11 is 0. The quantitative estimate of drug-likeness (QED) is 0.743. The monoisotopic (exact) mass is 208 g/mol. The van der Waals surface area contributed by atoms with Crippen LogP contribution in [0.1, 0.15) is 32.4 Å². The lowest BCUT2D eigenvalue weighted by Gasteiger charge is -2.39. The van der Waals surface area contributed by atoms with E-state index in [1.165, 1.54) is 0 Å². The van der Waals surface area contributed by atoms with E-state index in [0.29, 0.717) is 5.69 Å². The topological polar surface area (TPSA) is 16.1 Å². The third kappa shape index (κ3) is 1.96. The van der Waals surface area contributed by atoms with Gasteiger partial charge < -0.3 is 4.90 Å². The highest BCUT2D eigenvalue weighted by Crippen LogP contribution is 2.26. The summed E-state index contributed by atoms with van der Waals surface area (Å²) in [5, 5.41) is 0. The van der Waals surface area contributed by atoms with E-state index in [-0.39, 0.29) is 11.7 Å². The van der Waals surface area contributed by atoms with E-state index in [9.17, 15) is 4.39 Å². The molecule has 82 valence electrons. The van der Waals surface area contributed by atoms with Gasteiger partial charge >= 0.3 is 0 Å². The number of anilines is 1. The van der Waals surface area contributed by atoms with Crippen LogP contribution in [0.4, 0.5) is 10.1 Å². The minimum absolute atomic E-state index is 0.148. The van der Waals surface area contributed by atoms with Gasteiger partial charge in [-0.05, 0) is 11.8 Å². The van der Waals surface area contributed by atoms with Crippen molar-refractivity contribution in [3.63, 3.8) is 0 Å². The largest absolute Gasteiger partial charge is 0.370 e. The molecule has 1 aromatic heterocycles. The third-order valence-electron chi connectivity index (χ3n) is 2.83. The molecular weight excluding hydrogens is 191 g/mol. The molecule has 0 bridgehead atoms. The lowest BCUT2D eigenvalue weighted by molar-refractivity contribution is 0.445.